The number of nitrogen functional groups attached to an aromatic ring is 1. The highest BCUT2D eigenvalue weighted by atomic mass is 32.2. The highest BCUT2D eigenvalue weighted by molar-refractivity contribution is 7.85. The molecule has 1 atom stereocenters. The molecule has 0 aliphatic rings. The van der Waals surface area contributed by atoms with Crippen LogP contribution in [0.5, 0.6) is 0 Å². The average Bonchev–Trinajstić information content (AvgIpc) is 2.73. The molecule has 2 rings (SSSR count). The predicted molar refractivity (Wildman–Crippen MR) is 69.0 cm³/mol. The largest absolute Gasteiger partial charge is 0.399 e. The fourth-order valence-corrected chi connectivity index (χ4v) is 2.65. The minimum absolute atomic E-state index is 0.607. The highest BCUT2D eigenvalue weighted by Crippen LogP contribution is 2.11. The van der Waals surface area contributed by atoms with Crippen molar-refractivity contribution in [1.82, 2.24) is 9.78 Å². The molecule has 90 valence electrons. The van der Waals surface area contributed by atoms with Crippen molar-refractivity contribution in [3.05, 3.63) is 42.2 Å². The van der Waals surface area contributed by atoms with Gasteiger partial charge in [0, 0.05) is 29.6 Å². The van der Waals surface area contributed by atoms with Gasteiger partial charge in [0.25, 0.3) is 0 Å². The van der Waals surface area contributed by atoms with Gasteiger partial charge < -0.3 is 5.73 Å². The maximum Gasteiger partial charge on any atom is 0.0532 e. The minimum Gasteiger partial charge on any atom is -0.399 e. The van der Waals surface area contributed by atoms with Crippen LogP contribution in [0.15, 0.2) is 41.6 Å². The number of aromatic nitrogens is 2. The van der Waals surface area contributed by atoms with Crippen LogP contribution in [-0.4, -0.2) is 19.7 Å². The average molecular weight is 249 g/mol. The Balaban J connectivity index is 1.95. The Labute approximate surface area is 103 Å². The molecule has 2 aromatic rings. The Bertz CT molecular complexity index is 519. The lowest BCUT2D eigenvalue weighted by atomic mass is 10.3. The molecule has 4 nitrogen and oxygen atoms in total. The van der Waals surface area contributed by atoms with Crippen LogP contribution >= 0.6 is 0 Å². The summed E-state index contributed by atoms with van der Waals surface area (Å²) < 4.78 is 13.7. The molecular formula is C12H15N3OS. The van der Waals surface area contributed by atoms with Crippen LogP contribution in [0.1, 0.15) is 5.56 Å². The lowest BCUT2D eigenvalue weighted by Crippen LogP contribution is -2.01. The van der Waals surface area contributed by atoms with E-state index >= 15 is 0 Å². The number of nitrogens with two attached hydrogens (primary N) is 1. The van der Waals surface area contributed by atoms with Gasteiger partial charge in [-0.15, -0.1) is 0 Å². The Hall–Kier alpha value is -1.62. The van der Waals surface area contributed by atoms with Gasteiger partial charge in [-0.05, 0) is 36.2 Å². The summed E-state index contributed by atoms with van der Waals surface area (Å²) in [6.45, 7) is 0. The molecule has 0 radical (unpaired) electrons. The number of hydrogen-bond donors (Lipinski definition) is 1. The van der Waals surface area contributed by atoms with Crippen molar-refractivity contribution in [3.63, 3.8) is 0 Å². The molecule has 1 heterocycles. The number of rotatable bonds is 4. The zero-order valence-electron chi connectivity index (χ0n) is 9.67. The van der Waals surface area contributed by atoms with Crippen LogP contribution in [0, 0.1) is 0 Å². The third-order valence-electron chi connectivity index (χ3n) is 2.48. The van der Waals surface area contributed by atoms with E-state index in [2.05, 4.69) is 5.10 Å². The molecular weight excluding hydrogens is 234 g/mol. The quantitative estimate of drug-likeness (QED) is 0.832. The van der Waals surface area contributed by atoms with E-state index in [0.29, 0.717) is 11.4 Å². The lowest BCUT2D eigenvalue weighted by Gasteiger charge is -2.01. The number of benzene rings is 1. The molecule has 0 aliphatic carbocycles. The first-order chi connectivity index (χ1) is 8.15. The summed E-state index contributed by atoms with van der Waals surface area (Å²) in [6, 6.07) is 7.18. The topological polar surface area (TPSA) is 60.9 Å². The van der Waals surface area contributed by atoms with Crippen LogP contribution in [0.3, 0.4) is 0 Å². The molecule has 0 bridgehead atoms. The zero-order valence-corrected chi connectivity index (χ0v) is 10.5. The second kappa shape index (κ2) is 5.14. The van der Waals surface area contributed by atoms with E-state index in [4.69, 9.17) is 5.73 Å². The molecule has 1 aromatic heterocycles. The molecule has 0 amide bonds. The Morgan fingerprint density at radius 1 is 1.35 bits per heavy atom. The molecule has 0 spiro atoms. The molecule has 17 heavy (non-hydrogen) atoms. The molecule has 2 N–H and O–H groups in total. The minimum atomic E-state index is -0.976. The first-order valence-corrected chi connectivity index (χ1v) is 6.68. The van der Waals surface area contributed by atoms with E-state index < -0.39 is 10.8 Å². The van der Waals surface area contributed by atoms with Gasteiger partial charge in [-0.2, -0.15) is 5.10 Å². The van der Waals surface area contributed by atoms with Gasteiger partial charge in [-0.1, -0.05) is 0 Å². The SMILES string of the molecule is Cn1cc(CCS(=O)c2ccc(N)cc2)cn1. The molecule has 0 fully saturated rings. The van der Waals surface area contributed by atoms with Crippen LogP contribution in [0.25, 0.3) is 0 Å². The van der Waals surface area contributed by atoms with Crippen molar-refractivity contribution in [1.29, 1.82) is 0 Å². The highest BCUT2D eigenvalue weighted by Gasteiger charge is 2.05. The van der Waals surface area contributed by atoms with Crippen molar-refractivity contribution in [2.75, 3.05) is 11.5 Å². The van der Waals surface area contributed by atoms with Gasteiger partial charge in [-0.25, -0.2) is 0 Å². The Morgan fingerprint density at radius 2 is 2.06 bits per heavy atom. The molecule has 5 heteroatoms. The summed E-state index contributed by atoms with van der Waals surface area (Å²) in [5.41, 5.74) is 7.38. The third kappa shape index (κ3) is 3.17. The normalized spacial score (nSPS) is 12.5. The summed E-state index contributed by atoms with van der Waals surface area (Å²) in [5.74, 6) is 0.607. The third-order valence-corrected chi connectivity index (χ3v) is 3.85. The summed E-state index contributed by atoms with van der Waals surface area (Å²) in [5, 5.41) is 4.08. The summed E-state index contributed by atoms with van der Waals surface area (Å²) in [7, 11) is 0.900. The lowest BCUT2D eigenvalue weighted by molar-refractivity contribution is 0.682. The van der Waals surface area contributed by atoms with E-state index in [9.17, 15) is 4.21 Å². The number of aryl methyl sites for hydroxylation is 2. The molecule has 1 unspecified atom stereocenters. The van der Waals surface area contributed by atoms with Crippen molar-refractivity contribution in [3.8, 4) is 0 Å². The number of hydrogen-bond acceptors (Lipinski definition) is 3. The van der Waals surface area contributed by atoms with Gasteiger partial charge in [0.2, 0.25) is 0 Å². The smallest absolute Gasteiger partial charge is 0.0532 e. The summed E-state index contributed by atoms with van der Waals surface area (Å²) >= 11 is 0. The molecule has 0 aliphatic heterocycles. The molecule has 0 saturated carbocycles. The van der Waals surface area contributed by atoms with E-state index in [1.54, 1.807) is 23.0 Å². The van der Waals surface area contributed by atoms with Crippen LogP contribution in [0.4, 0.5) is 5.69 Å². The second-order valence-electron chi connectivity index (χ2n) is 3.89. The fraction of sp³-hybridized carbons (Fsp3) is 0.250. The van der Waals surface area contributed by atoms with Crippen LogP contribution in [0.2, 0.25) is 0 Å². The van der Waals surface area contributed by atoms with Crippen LogP contribution < -0.4 is 5.73 Å². The number of nitrogens with zero attached hydrogens (tertiary/aromatic N) is 2. The maximum absolute atomic E-state index is 12.0. The molecule has 0 saturated heterocycles. The van der Waals surface area contributed by atoms with Crippen LogP contribution in [-0.2, 0) is 24.3 Å². The Kier molecular flexibility index (Phi) is 3.58. The van der Waals surface area contributed by atoms with Gasteiger partial charge in [-0.3, -0.25) is 8.89 Å². The van der Waals surface area contributed by atoms with Crippen molar-refractivity contribution < 1.29 is 4.21 Å². The summed E-state index contributed by atoms with van der Waals surface area (Å²) in [6.07, 6.45) is 4.52. The van der Waals surface area contributed by atoms with Crippen molar-refractivity contribution in [2.45, 2.75) is 11.3 Å². The van der Waals surface area contributed by atoms with Gasteiger partial charge in [0.1, 0.15) is 0 Å². The number of anilines is 1. The van der Waals surface area contributed by atoms with Gasteiger partial charge in [0.15, 0.2) is 0 Å². The second-order valence-corrected chi connectivity index (χ2v) is 5.46. The van der Waals surface area contributed by atoms with Crippen molar-refractivity contribution in [2.24, 2.45) is 7.05 Å². The zero-order chi connectivity index (χ0) is 12.3. The van der Waals surface area contributed by atoms with E-state index in [1.165, 1.54) is 0 Å². The fourth-order valence-electron chi connectivity index (χ4n) is 1.55. The van der Waals surface area contributed by atoms with Gasteiger partial charge >= 0.3 is 0 Å². The first kappa shape index (κ1) is 11.9. The Morgan fingerprint density at radius 3 is 2.65 bits per heavy atom. The van der Waals surface area contributed by atoms with Crippen molar-refractivity contribution >= 4 is 16.5 Å². The van der Waals surface area contributed by atoms with E-state index in [0.717, 1.165) is 16.9 Å². The summed E-state index contributed by atoms with van der Waals surface area (Å²) in [4.78, 5) is 0.822. The first-order valence-electron chi connectivity index (χ1n) is 5.36. The monoisotopic (exact) mass is 249 g/mol. The van der Waals surface area contributed by atoms with E-state index in [-0.39, 0.29) is 0 Å². The molecule has 1 aromatic carbocycles. The van der Waals surface area contributed by atoms with Gasteiger partial charge in [0.05, 0.1) is 17.0 Å². The predicted octanol–water partition coefficient (Wildman–Crippen LogP) is 1.35. The standard InChI is InChI=1S/C12H15N3OS/c1-15-9-10(8-14-15)6-7-17(16)12-4-2-11(13)3-5-12/h2-5,8-9H,6-7,13H2,1H3. The maximum atomic E-state index is 12.0. The van der Waals surface area contributed by atoms with E-state index in [1.807, 2.05) is 25.4 Å².